The second kappa shape index (κ2) is 4.91. The standard InChI is InChI=1S/C18H32O/c1-12(2)16-15(17(3,4)5)8-7-13-11-14(19)9-10-18(13,16)6/h7,12,14-16,19H,8-11H2,1-6H3. The molecule has 0 saturated heterocycles. The highest BCUT2D eigenvalue weighted by Gasteiger charge is 2.50. The Labute approximate surface area is 119 Å². The average molecular weight is 264 g/mol. The quantitative estimate of drug-likeness (QED) is 0.674. The first-order chi connectivity index (χ1) is 8.66. The summed E-state index contributed by atoms with van der Waals surface area (Å²) in [5.74, 6) is 2.23. The Morgan fingerprint density at radius 2 is 1.95 bits per heavy atom. The maximum absolute atomic E-state index is 9.97. The fraction of sp³-hybridized carbons (Fsp3) is 0.889. The third-order valence-electron chi connectivity index (χ3n) is 5.80. The van der Waals surface area contributed by atoms with Crippen LogP contribution in [-0.2, 0) is 0 Å². The Bertz CT molecular complexity index is 360. The van der Waals surface area contributed by atoms with Crippen LogP contribution < -0.4 is 0 Å². The number of fused-ring (bicyclic) bond motifs is 1. The molecule has 0 aromatic rings. The Kier molecular flexibility index (Phi) is 3.90. The monoisotopic (exact) mass is 264 g/mol. The average Bonchev–Trinajstić information content (AvgIpc) is 2.26. The maximum Gasteiger partial charge on any atom is 0.0577 e. The second-order valence-corrected chi connectivity index (χ2v) is 8.52. The van der Waals surface area contributed by atoms with Crippen molar-refractivity contribution < 1.29 is 5.11 Å². The van der Waals surface area contributed by atoms with Gasteiger partial charge in [0.05, 0.1) is 6.10 Å². The number of hydrogen-bond acceptors (Lipinski definition) is 1. The van der Waals surface area contributed by atoms with E-state index in [1.807, 2.05) is 0 Å². The maximum atomic E-state index is 9.97. The van der Waals surface area contributed by atoms with Gasteiger partial charge in [-0.3, -0.25) is 0 Å². The molecule has 0 bridgehead atoms. The fourth-order valence-corrected chi connectivity index (χ4v) is 4.87. The molecule has 4 unspecified atom stereocenters. The topological polar surface area (TPSA) is 20.2 Å². The van der Waals surface area contributed by atoms with E-state index in [9.17, 15) is 5.11 Å². The fourth-order valence-electron chi connectivity index (χ4n) is 4.87. The summed E-state index contributed by atoms with van der Waals surface area (Å²) in [6.45, 7) is 14.4. The lowest BCUT2D eigenvalue weighted by atomic mass is 9.50. The van der Waals surface area contributed by atoms with Crippen LogP contribution in [0.1, 0.15) is 67.2 Å². The molecule has 0 spiro atoms. The van der Waals surface area contributed by atoms with Gasteiger partial charge in [-0.1, -0.05) is 53.2 Å². The first-order valence-corrected chi connectivity index (χ1v) is 8.04. The van der Waals surface area contributed by atoms with Crippen molar-refractivity contribution >= 4 is 0 Å². The molecule has 110 valence electrons. The molecule has 1 heteroatoms. The van der Waals surface area contributed by atoms with Gasteiger partial charge < -0.3 is 5.11 Å². The Morgan fingerprint density at radius 3 is 2.47 bits per heavy atom. The summed E-state index contributed by atoms with van der Waals surface area (Å²) in [5, 5.41) is 9.97. The van der Waals surface area contributed by atoms with Crippen LogP contribution in [0.4, 0.5) is 0 Å². The van der Waals surface area contributed by atoms with Crippen LogP contribution in [0.2, 0.25) is 0 Å². The van der Waals surface area contributed by atoms with E-state index >= 15 is 0 Å². The van der Waals surface area contributed by atoms with Crippen LogP contribution in [0.15, 0.2) is 11.6 Å². The molecule has 2 aliphatic carbocycles. The lowest BCUT2D eigenvalue weighted by molar-refractivity contribution is -0.00871. The number of rotatable bonds is 1. The summed E-state index contributed by atoms with van der Waals surface area (Å²) in [5.41, 5.74) is 2.24. The van der Waals surface area contributed by atoms with Crippen LogP contribution in [0.5, 0.6) is 0 Å². The van der Waals surface area contributed by atoms with E-state index in [4.69, 9.17) is 0 Å². The minimum atomic E-state index is -0.0988. The van der Waals surface area contributed by atoms with E-state index in [-0.39, 0.29) is 6.10 Å². The molecule has 1 N–H and O–H groups in total. The molecule has 0 radical (unpaired) electrons. The van der Waals surface area contributed by atoms with Gasteiger partial charge in [-0.05, 0) is 54.3 Å². The third kappa shape index (κ3) is 2.63. The summed E-state index contributed by atoms with van der Waals surface area (Å²) in [6, 6.07) is 0. The highest BCUT2D eigenvalue weighted by molar-refractivity contribution is 5.24. The number of allylic oxidation sites excluding steroid dienone is 1. The van der Waals surface area contributed by atoms with Gasteiger partial charge in [0.25, 0.3) is 0 Å². The lowest BCUT2D eigenvalue weighted by Crippen LogP contribution is -2.47. The van der Waals surface area contributed by atoms with Crippen molar-refractivity contribution in [1.29, 1.82) is 0 Å². The molecule has 0 aromatic heterocycles. The zero-order valence-electron chi connectivity index (χ0n) is 13.7. The molecular formula is C18H32O. The molecule has 0 aliphatic heterocycles. The van der Waals surface area contributed by atoms with Crippen LogP contribution in [-0.4, -0.2) is 11.2 Å². The van der Waals surface area contributed by atoms with Gasteiger partial charge in [-0.2, -0.15) is 0 Å². The Morgan fingerprint density at radius 1 is 1.32 bits per heavy atom. The summed E-state index contributed by atoms with van der Waals surface area (Å²) < 4.78 is 0. The molecule has 0 heterocycles. The molecule has 2 aliphatic rings. The number of aliphatic hydroxyl groups excluding tert-OH is 1. The van der Waals surface area contributed by atoms with Gasteiger partial charge in [-0.15, -0.1) is 0 Å². The zero-order chi connectivity index (χ0) is 14.4. The van der Waals surface area contributed by atoms with Crippen LogP contribution >= 0.6 is 0 Å². The van der Waals surface area contributed by atoms with Gasteiger partial charge >= 0.3 is 0 Å². The summed E-state index contributed by atoms with van der Waals surface area (Å²) in [4.78, 5) is 0. The number of hydrogen-bond donors (Lipinski definition) is 1. The lowest BCUT2D eigenvalue weighted by Gasteiger charge is -2.55. The Balaban J connectivity index is 2.40. The summed E-state index contributed by atoms with van der Waals surface area (Å²) in [7, 11) is 0. The molecule has 0 amide bonds. The predicted molar refractivity (Wildman–Crippen MR) is 81.9 cm³/mol. The van der Waals surface area contributed by atoms with Crippen molar-refractivity contribution in [3.8, 4) is 0 Å². The second-order valence-electron chi connectivity index (χ2n) is 8.52. The summed E-state index contributed by atoms with van der Waals surface area (Å²) in [6.07, 6.45) is 6.62. The first-order valence-electron chi connectivity index (χ1n) is 8.04. The minimum absolute atomic E-state index is 0.0988. The predicted octanol–water partition coefficient (Wildman–Crippen LogP) is 4.80. The van der Waals surface area contributed by atoms with Crippen molar-refractivity contribution in [3.05, 3.63) is 11.6 Å². The van der Waals surface area contributed by atoms with Gasteiger partial charge in [0.15, 0.2) is 0 Å². The van der Waals surface area contributed by atoms with Crippen molar-refractivity contribution in [1.82, 2.24) is 0 Å². The van der Waals surface area contributed by atoms with Crippen LogP contribution in [0, 0.1) is 28.6 Å². The van der Waals surface area contributed by atoms with E-state index < -0.39 is 0 Å². The first kappa shape index (κ1) is 15.1. The minimum Gasteiger partial charge on any atom is -0.393 e. The van der Waals surface area contributed by atoms with Gasteiger partial charge in [0.2, 0.25) is 0 Å². The molecule has 1 fully saturated rings. The highest BCUT2D eigenvalue weighted by atomic mass is 16.3. The van der Waals surface area contributed by atoms with Gasteiger partial charge in [0.1, 0.15) is 0 Å². The largest absolute Gasteiger partial charge is 0.393 e. The summed E-state index contributed by atoms with van der Waals surface area (Å²) >= 11 is 0. The molecule has 19 heavy (non-hydrogen) atoms. The van der Waals surface area contributed by atoms with Crippen LogP contribution in [0.3, 0.4) is 0 Å². The Hall–Kier alpha value is -0.300. The SMILES string of the molecule is CC(C)C1C(C(C)(C)C)CC=C2CC(O)CCC21C. The third-order valence-corrected chi connectivity index (χ3v) is 5.80. The van der Waals surface area contributed by atoms with E-state index in [0.717, 1.165) is 31.1 Å². The zero-order valence-corrected chi connectivity index (χ0v) is 13.7. The van der Waals surface area contributed by atoms with Crippen molar-refractivity contribution in [2.24, 2.45) is 28.6 Å². The van der Waals surface area contributed by atoms with Crippen molar-refractivity contribution in [2.75, 3.05) is 0 Å². The van der Waals surface area contributed by atoms with Crippen LogP contribution in [0.25, 0.3) is 0 Å². The van der Waals surface area contributed by atoms with Crippen molar-refractivity contribution in [3.63, 3.8) is 0 Å². The molecular weight excluding hydrogens is 232 g/mol. The molecule has 2 rings (SSSR count). The molecule has 1 saturated carbocycles. The van der Waals surface area contributed by atoms with Gasteiger partial charge in [0, 0.05) is 0 Å². The molecule has 1 nitrogen and oxygen atoms in total. The van der Waals surface area contributed by atoms with E-state index in [1.165, 1.54) is 6.42 Å². The highest BCUT2D eigenvalue weighted by Crippen LogP contribution is 2.58. The normalized spacial score (nSPS) is 40.0. The van der Waals surface area contributed by atoms with E-state index in [1.54, 1.807) is 5.57 Å². The van der Waals surface area contributed by atoms with Crippen molar-refractivity contribution in [2.45, 2.75) is 73.3 Å². The smallest absolute Gasteiger partial charge is 0.0577 e. The molecule has 0 aromatic carbocycles. The molecule has 4 atom stereocenters. The van der Waals surface area contributed by atoms with Gasteiger partial charge in [-0.25, -0.2) is 0 Å². The van der Waals surface area contributed by atoms with E-state index in [2.05, 4.69) is 47.6 Å². The number of aliphatic hydroxyl groups is 1. The van der Waals surface area contributed by atoms with E-state index in [0.29, 0.717) is 16.7 Å².